The molecule has 0 aliphatic carbocycles. The van der Waals surface area contributed by atoms with Crippen molar-refractivity contribution in [1.29, 1.82) is 0 Å². The smallest absolute Gasteiger partial charge is 0.106 e. The molecule has 0 aromatic heterocycles. The quantitative estimate of drug-likeness (QED) is 0.376. The first-order valence-electron chi connectivity index (χ1n) is 2.17. The highest BCUT2D eigenvalue weighted by Crippen LogP contribution is 1.82. The average Bonchev–Trinajstić information content (AvgIpc) is 1.61. The van der Waals surface area contributed by atoms with E-state index in [4.69, 9.17) is 0 Å². The summed E-state index contributed by atoms with van der Waals surface area (Å²) in [5, 5.41) is 3.48. The van der Waals surface area contributed by atoms with Gasteiger partial charge in [0.2, 0.25) is 0 Å². The summed E-state index contributed by atoms with van der Waals surface area (Å²) in [6.07, 6.45) is 1.64. The van der Waals surface area contributed by atoms with E-state index in [0.717, 1.165) is 0 Å². The van der Waals surface area contributed by atoms with Gasteiger partial charge in [-0.25, -0.2) is 0 Å². The molecule has 0 amide bonds. The van der Waals surface area contributed by atoms with Gasteiger partial charge in [0.1, 0.15) is 7.11 Å². The second-order valence-corrected chi connectivity index (χ2v) is 1.41. The molecule has 0 heterocycles. The molecular weight excluding hydrogens is 90.1 g/mol. The lowest BCUT2D eigenvalue weighted by molar-refractivity contribution is 0.214. The normalized spacial score (nSPS) is 10.9. The summed E-state index contributed by atoms with van der Waals surface area (Å²) in [7, 11) is 1.51. The largest absolute Gasteiger partial charge is 0.399 e. The number of oxime groups is 1. The Balaban J connectivity index is 3.08. The van der Waals surface area contributed by atoms with Crippen LogP contribution in [0.2, 0.25) is 0 Å². The molecule has 0 aromatic carbocycles. The molecule has 0 spiro atoms. The van der Waals surface area contributed by atoms with Crippen LogP contribution in [-0.4, -0.2) is 13.3 Å². The van der Waals surface area contributed by atoms with Gasteiger partial charge >= 0.3 is 0 Å². The standard InChI is InChI=1S/C5H10NO/c1-5(2)4-6-7-3/h4-5H,1H2,2-3H3. The fourth-order valence-electron chi connectivity index (χ4n) is 0.165. The van der Waals surface area contributed by atoms with Gasteiger partial charge in [0, 0.05) is 6.21 Å². The Hall–Kier alpha value is -0.530. The maximum atomic E-state index is 4.38. The molecule has 2 nitrogen and oxygen atoms in total. The monoisotopic (exact) mass is 100 g/mol. The Labute approximate surface area is 44.2 Å². The molecule has 0 aliphatic heterocycles. The molecule has 0 bridgehead atoms. The van der Waals surface area contributed by atoms with E-state index < -0.39 is 0 Å². The summed E-state index contributed by atoms with van der Waals surface area (Å²) in [5.74, 6) is 0.236. The van der Waals surface area contributed by atoms with Crippen molar-refractivity contribution >= 4 is 6.21 Å². The lowest BCUT2D eigenvalue weighted by Gasteiger charge is -1.88. The number of hydrogen-bond donors (Lipinski definition) is 0. The maximum Gasteiger partial charge on any atom is 0.106 e. The predicted octanol–water partition coefficient (Wildman–Crippen LogP) is 1.09. The van der Waals surface area contributed by atoms with Crippen LogP contribution in [0, 0.1) is 12.8 Å². The first-order valence-corrected chi connectivity index (χ1v) is 2.17. The van der Waals surface area contributed by atoms with E-state index in [1.165, 1.54) is 7.11 Å². The minimum absolute atomic E-state index is 0.236. The zero-order valence-electron chi connectivity index (χ0n) is 4.72. The summed E-state index contributed by atoms with van der Waals surface area (Å²) >= 11 is 0. The van der Waals surface area contributed by atoms with Crippen LogP contribution < -0.4 is 0 Å². The van der Waals surface area contributed by atoms with Crippen molar-refractivity contribution in [1.82, 2.24) is 0 Å². The summed E-state index contributed by atoms with van der Waals surface area (Å²) in [6.45, 7) is 5.58. The highest BCUT2D eigenvalue weighted by molar-refractivity contribution is 5.59. The van der Waals surface area contributed by atoms with E-state index in [1.54, 1.807) is 6.21 Å². The van der Waals surface area contributed by atoms with Crippen LogP contribution in [0.4, 0.5) is 0 Å². The number of hydrogen-bond acceptors (Lipinski definition) is 2. The van der Waals surface area contributed by atoms with Gasteiger partial charge in [-0.1, -0.05) is 12.1 Å². The Bertz CT molecular complexity index is 59.1. The van der Waals surface area contributed by atoms with Crippen LogP contribution in [0.1, 0.15) is 6.92 Å². The fraction of sp³-hybridized carbons (Fsp3) is 0.600. The lowest BCUT2D eigenvalue weighted by atomic mass is 10.3. The van der Waals surface area contributed by atoms with Crippen LogP contribution in [0.5, 0.6) is 0 Å². The van der Waals surface area contributed by atoms with Crippen molar-refractivity contribution in [3.05, 3.63) is 6.92 Å². The molecule has 2 heteroatoms. The summed E-state index contributed by atoms with van der Waals surface area (Å²) in [5.41, 5.74) is 0. The molecule has 0 N–H and O–H groups in total. The van der Waals surface area contributed by atoms with Crippen LogP contribution in [0.3, 0.4) is 0 Å². The van der Waals surface area contributed by atoms with E-state index in [2.05, 4.69) is 16.9 Å². The van der Waals surface area contributed by atoms with Crippen LogP contribution in [0.25, 0.3) is 0 Å². The molecular formula is C5H10NO. The second kappa shape index (κ2) is 3.65. The average molecular weight is 100 g/mol. The van der Waals surface area contributed by atoms with E-state index in [0.29, 0.717) is 0 Å². The zero-order valence-corrected chi connectivity index (χ0v) is 4.72. The molecule has 7 heavy (non-hydrogen) atoms. The van der Waals surface area contributed by atoms with Gasteiger partial charge in [-0.2, -0.15) is 0 Å². The molecule has 41 valence electrons. The summed E-state index contributed by atoms with van der Waals surface area (Å²) < 4.78 is 0. The number of nitrogens with zero attached hydrogens (tertiary/aromatic N) is 1. The van der Waals surface area contributed by atoms with Gasteiger partial charge < -0.3 is 4.84 Å². The second-order valence-electron chi connectivity index (χ2n) is 1.41. The molecule has 1 unspecified atom stereocenters. The van der Waals surface area contributed by atoms with Gasteiger partial charge in [-0.3, -0.25) is 0 Å². The van der Waals surface area contributed by atoms with E-state index in [-0.39, 0.29) is 5.92 Å². The highest BCUT2D eigenvalue weighted by Gasteiger charge is 1.81. The molecule has 0 aromatic rings. The van der Waals surface area contributed by atoms with Crippen LogP contribution in [0.15, 0.2) is 5.16 Å². The van der Waals surface area contributed by atoms with Crippen LogP contribution >= 0.6 is 0 Å². The molecule has 0 aliphatic rings. The Morgan fingerprint density at radius 3 is 2.57 bits per heavy atom. The third kappa shape index (κ3) is 5.47. The Morgan fingerprint density at radius 1 is 1.86 bits per heavy atom. The van der Waals surface area contributed by atoms with Crippen molar-refractivity contribution in [2.45, 2.75) is 6.92 Å². The van der Waals surface area contributed by atoms with Crippen molar-refractivity contribution in [2.24, 2.45) is 11.1 Å². The zero-order chi connectivity index (χ0) is 5.70. The van der Waals surface area contributed by atoms with Gasteiger partial charge in [0.05, 0.1) is 0 Å². The first-order chi connectivity index (χ1) is 3.27. The fourth-order valence-corrected chi connectivity index (χ4v) is 0.165. The van der Waals surface area contributed by atoms with E-state index in [9.17, 15) is 0 Å². The minimum atomic E-state index is 0.236. The van der Waals surface area contributed by atoms with Gasteiger partial charge in [-0.05, 0) is 12.8 Å². The molecule has 0 fully saturated rings. The SMILES string of the molecule is [CH2]C(C)C=NOC. The number of rotatable bonds is 2. The molecule has 0 rings (SSSR count). The first kappa shape index (κ1) is 6.47. The third-order valence-corrected chi connectivity index (χ3v) is 0.421. The predicted molar refractivity (Wildman–Crippen MR) is 30.0 cm³/mol. The highest BCUT2D eigenvalue weighted by atomic mass is 16.6. The molecule has 1 radical (unpaired) electrons. The van der Waals surface area contributed by atoms with Gasteiger partial charge in [0.15, 0.2) is 0 Å². The van der Waals surface area contributed by atoms with Gasteiger partial charge in [0.25, 0.3) is 0 Å². The Morgan fingerprint density at radius 2 is 2.43 bits per heavy atom. The summed E-state index contributed by atoms with van der Waals surface area (Å²) in [4.78, 5) is 4.38. The molecule has 0 saturated heterocycles. The molecule has 1 atom stereocenters. The van der Waals surface area contributed by atoms with Gasteiger partial charge in [-0.15, -0.1) is 0 Å². The van der Waals surface area contributed by atoms with Crippen molar-refractivity contribution < 1.29 is 4.84 Å². The summed E-state index contributed by atoms with van der Waals surface area (Å²) in [6, 6.07) is 0. The molecule has 0 saturated carbocycles. The van der Waals surface area contributed by atoms with Crippen molar-refractivity contribution in [3.63, 3.8) is 0 Å². The topological polar surface area (TPSA) is 21.6 Å². The minimum Gasteiger partial charge on any atom is -0.399 e. The maximum absolute atomic E-state index is 4.38. The lowest BCUT2D eigenvalue weighted by Crippen LogP contribution is -1.86. The van der Waals surface area contributed by atoms with E-state index in [1.807, 2.05) is 6.92 Å². The third-order valence-electron chi connectivity index (χ3n) is 0.421. The van der Waals surface area contributed by atoms with Crippen molar-refractivity contribution in [3.8, 4) is 0 Å². The Kier molecular flexibility index (Phi) is 3.38. The van der Waals surface area contributed by atoms with Crippen molar-refractivity contribution in [2.75, 3.05) is 7.11 Å². The van der Waals surface area contributed by atoms with Crippen LogP contribution in [-0.2, 0) is 4.84 Å². The van der Waals surface area contributed by atoms with E-state index >= 15 is 0 Å².